The molecule has 0 saturated heterocycles. The lowest BCUT2D eigenvalue weighted by molar-refractivity contribution is 0.0748. The highest BCUT2D eigenvalue weighted by molar-refractivity contribution is 5.84. The highest BCUT2D eigenvalue weighted by Crippen LogP contribution is 2.32. The van der Waals surface area contributed by atoms with Crippen LogP contribution in [0.15, 0.2) is 24.5 Å². The van der Waals surface area contributed by atoms with Crippen LogP contribution in [-0.4, -0.2) is 41.9 Å². The summed E-state index contributed by atoms with van der Waals surface area (Å²) in [5, 5.41) is 26.4. The number of nitrogens with zero attached hydrogens (tertiary/aromatic N) is 4. The molecule has 1 saturated carbocycles. The number of aliphatic hydroxyl groups is 1. The molecule has 0 unspecified atom stereocenters. The molecule has 9 heteroatoms. The normalized spacial score (nSPS) is 15.2. The zero-order chi connectivity index (χ0) is 22.7. The van der Waals surface area contributed by atoms with Crippen molar-refractivity contribution in [3.05, 3.63) is 35.9 Å². The molecule has 0 spiro atoms. The number of nitrogens with one attached hydrogen (secondary N) is 2. The van der Waals surface area contributed by atoms with Crippen molar-refractivity contribution in [3.63, 3.8) is 0 Å². The quantitative estimate of drug-likeness (QED) is 0.410. The van der Waals surface area contributed by atoms with Crippen LogP contribution in [0.1, 0.15) is 64.0 Å². The van der Waals surface area contributed by atoms with Gasteiger partial charge in [0.25, 0.3) is 0 Å². The first kappa shape index (κ1) is 22.3. The zero-order valence-electron chi connectivity index (χ0n) is 18.6. The molecule has 2 heterocycles. The molecule has 32 heavy (non-hydrogen) atoms. The monoisotopic (exact) mass is 442 g/mol. The number of hydrogen-bond acceptors (Lipinski definition) is 7. The number of aromatic nitrogens is 4. The van der Waals surface area contributed by atoms with Crippen molar-refractivity contribution in [2.75, 3.05) is 17.2 Å². The zero-order valence-corrected chi connectivity index (χ0v) is 18.6. The number of phenolic OH excluding ortho intramolecular Hbond substituents is 1. The van der Waals surface area contributed by atoms with Crippen LogP contribution in [0, 0.1) is 5.82 Å². The van der Waals surface area contributed by atoms with E-state index < -0.39 is 11.4 Å². The van der Waals surface area contributed by atoms with E-state index in [0.29, 0.717) is 41.9 Å². The van der Waals surface area contributed by atoms with E-state index in [0.717, 1.165) is 18.5 Å². The third kappa shape index (κ3) is 5.27. The fourth-order valence-electron chi connectivity index (χ4n) is 4.10. The Bertz CT molecular complexity index is 1070. The molecule has 0 radical (unpaired) electrons. The van der Waals surface area contributed by atoms with E-state index in [1.54, 1.807) is 13.8 Å². The average molecular weight is 443 g/mol. The number of fused-ring (bicyclic) bond motifs is 1. The van der Waals surface area contributed by atoms with Crippen molar-refractivity contribution in [1.29, 1.82) is 0 Å². The number of benzene rings is 1. The predicted molar refractivity (Wildman–Crippen MR) is 122 cm³/mol. The van der Waals surface area contributed by atoms with Gasteiger partial charge >= 0.3 is 0 Å². The number of phenols is 1. The molecule has 3 aromatic rings. The lowest BCUT2D eigenvalue weighted by atomic mass is 9.95. The summed E-state index contributed by atoms with van der Waals surface area (Å²) < 4.78 is 15.8. The predicted octanol–water partition coefficient (Wildman–Crippen LogP) is 4.36. The van der Waals surface area contributed by atoms with Crippen molar-refractivity contribution in [2.45, 2.75) is 70.6 Å². The minimum atomic E-state index is -0.795. The largest absolute Gasteiger partial charge is 0.508 e. The molecular formula is C23H31FN6O2. The molecule has 2 aromatic heterocycles. The summed E-state index contributed by atoms with van der Waals surface area (Å²) in [6.45, 7) is 4.22. The van der Waals surface area contributed by atoms with E-state index in [9.17, 15) is 14.6 Å². The summed E-state index contributed by atoms with van der Waals surface area (Å²) >= 11 is 0. The molecule has 0 bridgehead atoms. The highest BCUT2D eigenvalue weighted by Gasteiger charge is 2.21. The van der Waals surface area contributed by atoms with Gasteiger partial charge in [-0.3, -0.25) is 0 Å². The fraction of sp³-hybridized carbons (Fsp3) is 0.522. The number of imidazole rings is 1. The molecule has 4 N–H and O–H groups in total. The maximum absolute atomic E-state index is 13.6. The Morgan fingerprint density at radius 1 is 1.16 bits per heavy atom. The first-order chi connectivity index (χ1) is 15.3. The number of aromatic hydroxyl groups is 1. The molecular weight excluding hydrogens is 411 g/mol. The van der Waals surface area contributed by atoms with E-state index in [1.807, 2.05) is 6.33 Å². The fourth-order valence-corrected chi connectivity index (χ4v) is 4.10. The van der Waals surface area contributed by atoms with Crippen LogP contribution in [0.5, 0.6) is 5.75 Å². The minimum Gasteiger partial charge on any atom is -0.508 e. The Hall–Kier alpha value is -2.94. The van der Waals surface area contributed by atoms with Crippen LogP contribution in [0.3, 0.4) is 0 Å². The van der Waals surface area contributed by atoms with Gasteiger partial charge in [-0.15, -0.1) is 0 Å². The lowest BCUT2D eigenvalue weighted by Crippen LogP contribution is -2.23. The van der Waals surface area contributed by atoms with Crippen molar-refractivity contribution < 1.29 is 14.6 Å². The third-order valence-electron chi connectivity index (χ3n) is 5.90. The van der Waals surface area contributed by atoms with E-state index in [2.05, 4.69) is 25.2 Å². The van der Waals surface area contributed by atoms with Gasteiger partial charge in [-0.2, -0.15) is 9.97 Å². The number of hydrogen-bond donors (Lipinski definition) is 4. The van der Waals surface area contributed by atoms with Crippen LogP contribution >= 0.6 is 0 Å². The molecule has 1 fully saturated rings. The SMILES string of the molecule is CC(C)(O)CCNc1nc(NCc2cc(F)ccc2O)c2ncn(C3CCCCC3)c2n1. The van der Waals surface area contributed by atoms with E-state index in [-0.39, 0.29) is 12.3 Å². The smallest absolute Gasteiger partial charge is 0.226 e. The van der Waals surface area contributed by atoms with Crippen LogP contribution in [0.2, 0.25) is 0 Å². The van der Waals surface area contributed by atoms with Gasteiger partial charge in [-0.25, -0.2) is 9.37 Å². The number of halogens is 1. The van der Waals surface area contributed by atoms with Crippen LogP contribution in [-0.2, 0) is 6.54 Å². The standard InChI is InChI=1S/C23H31FN6O2/c1-23(2,32)10-11-25-22-28-20(26-13-15-12-16(24)8-9-18(15)31)19-21(29-22)30(14-27-19)17-6-4-3-5-7-17/h8-9,12,14,17,31-32H,3-7,10-11,13H2,1-2H3,(H2,25,26,28,29). The summed E-state index contributed by atoms with van der Waals surface area (Å²) in [6.07, 6.45) is 8.18. The Balaban J connectivity index is 1.64. The van der Waals surface area contributed by atoms with Gasteiger partial charge in [0.05, 0.1) is 11.9 Å². The topological polar surface area (TPSA) is 108 Å². The second-order valence-electron chi connectivity index (χ2n) is 9.13. The van der Waals surface area contributed by atoms with E-state index in [1.165, 1.54) is 37.5 Å². The maximum Gasteiger partial charge on any atom is 0.226 e. The van der Waals surface area contributed by atoms with Crippen molar-refractivity contribution in [2.24, 2.45) is 0 Å². The Kier molecular flexibility index (Phi) is 6.45. The number of rotatable bonds is 8. The van der Waals surface area contributed by atoms with Crippen LogP contribution < -0.4 is 10.6 Å². The molecule has 0 aliphatic heterocycles. The summed E-state index contributed by atoms with van der Waals surface area (Å²) in [7, 11) is 0. The number of anilines is 2. The summed E-state index contributed by atoms with van der Waals surface area (Å²) in [5.74, 6) is 0.549. The van der Waals surface area contributed by atoms with Crippen molar-refractivity contribution >= 4 is 22.9 Å². The van der Waals surface area contributed by atoms with Gasteiger partial charge in [-0.1, -0.05) is 19.3 Å². The molecule has 1 aromatic carbocycles. The Morgan fingerprint density at radius 2 is 1.94 bits per heavy atom. The molecule has 172 valence electrons. The van der Waals surface area contributed by atoms with Gasteiger partial charge < -0.3 is 25.4 Å². The molecule has 0 atom stereocenters. The van der Waals surface area contributed by atoms with Gasteiger partial charge in [0.2, 0.25) is 5.95 Å². The molecule has 1 aliphatic carbocycles. The summed E-state index contributed by atoms with van der Waals surface area (Å²) in [5.41, 5.74) is 1.01. The third-order valence-corrected chi connectivity index (χ3v) is 5.90. The van der Waals surface area contributed by atoms with Gasteiger partial charge in [0.15, 0.2) is 17.0 Å². The molecule has 1 aliphatic rings. The van der Waals surface area contributed by atoms with Gasteiger partial charge in [0, 0.05) is 24.7 Å². The van der Waals surface area contributed by atoms with Crippen LogP contribution in [0.25, 0.3) is 11.2 Å². The minimum absolute atomic E-state index is 0.0143. The second kappa shape index (κ2) is 9.28. The van der Waals surface area contributed by atoms with E-state index >= 15 is 0 Å². The van der Waals surface area contributed by atoms with Gasteiger partial charge in [-0.05, 0) is 51.3 Å². The summed E-state index contributed by atoms with van der Waals surface area (Å²) in [6, 6.07) is 4.21. The molecule has 8 nitrogen and oxygen atoms in total. The highest BCUT2D eigenvalue weighted by atomic mass is 19.1. The second-order valence-corrected chi connectivity index (χ2v) is 9.13. The average Bonchev–Trinajstić information content (AvgIpc) is 3.18. The maximum atomic E-state index is 13.6. The van der Waals surface area contributed by atoms with Crippen molar-refractivity contribution in [1.82, 2.24) is 19.5 Å². The molecule has 0 amide bonds. The van der Waals surface area contributed by atoms with E-state index in [4.69, 9.17) is 4.98 Å². The summed E-state index contributed by atoms with van der Waals surface area (Å²) in [4.78, 5) is 13.9. The Morgan fingerprint density at radius 3 is 2.69 bits per heavy atom. The first-order valence-corrected chi connectivity index (χ1v) is 11.2. The lowest BCUT2D eigenvalue weighted by Gasteiger charge is -2.23. The Labute approximate surface area is 186 Å². The first-order valence-electron chi connectivity index (χ1n) is 11.2. The van der Waals surface area contributed by atoms with Crippen molar-refractivity contribution in [3.8, 4) is 5.75 Å². The molecule has 4 rings (SSSR count). The van der Waals surface area contributed by atoms with Crippen LogP contribution in [0.4, 0.5) is 16.2 Å². The van der Waals surface area contributed by atoms with Gasteiger partial charge in [0.1, 0.15) is 11.6 Å².